The van der Waals surface area contributed by atoms with E-state index < -0.39 is 44.8 Å². The number of aromatic nitrogens is 9. The number of rotatable bonds is 12. The van der Waals surface area contributed by atoms with E-state index in [4.69, 9.17) is 40.5 Å². The van der Waals surface area contributed by atoms with Gasteiger partial charge in [-0.15, -0.1) is 161 Å². The molecule has 15 aromatic carbocycles. The molecule has 24 rings (SSSR count). The van der Waals surface area contributed by atoms with Gasteiger partial charge in [0.05, 0.1) is 91.5 Å². The zero-order valence-corrected chi connectivity index (χ0v) is 94.7. The van der Waals surface area contributed by atoms with Crippen molar-refractivity contribution in [2.45, 2.75) is 135 Å². The molecule has 0 saturated heterocycles. The molecule has 12 nitrogen and oxygen atoms in total. The van der Waals surface area contributed by atoms with Crippen molar-refractivity contribution in [3.05, 3.63) is 432 Å². The van der Waals surface area contributed by atoms with Gasteiger partial charge in [-0.1, -0.05) is 292 Å². The molecule has 9 heterocycles. The Bertz CT molecular complexity index is 8940. The summed E-state index contributed by atoms with van der Waals surface area (Å²) in [7, 11) is -4.15. The predicted octanol–water partition coefficient (Wildman–Crippen LogP) is 31.8. The molecule has 0 spiro atoms. The number of aryl methyl sites for hydroxylation is 11. The van der Waals surface area contributed by atoms with Gasteiger partial charge in [0, 0.05) is 124 Å². The number of hydrogen-bond donors (Lipinski definition) is 0. The van der Waals surface area contributed by atoms with Gasteiger partial charge in [-0.25, -0.2) is 0 Å². The average Bonchev–Trinajstić information content (AvgIpc) is 1.59. The normalized spacial score (nSPS) is 12.6. The first-order valence-corrected chi connectivity index (χ1v) is 58.6. The molecule has 0 bridgehead atoms. The van der Waals surface area contributed by atoms with Crippen LogP contribution in [0.2, 0.25) is 58.9 Å². The second-order valence-electron chi connectivity index (χ2n) is 39.6. The molecule has 0 fully saturated rings. The van der Waals surface area contributed by atoms with E-state index in [9.17, 15) is 0 Å². The second kappa shape index (κ2) is 44.2. The molecule has 18 heteroatoms. The minimum atomic E-state index is -2.08. The Balaban J connectivity index is 0.000000132. The van der Waals surface area contributed by atoms with Crippen molar-refractivity contribution >= 4 is 139 Å². The van der Waals surface area contributed by atoms with E-state index in [1.165, 1.54) is 78.3 Å². The maximum Gasteiger partial charge on any atom is 0.120 e. The summed E-state index contributed by atoms with van der Waals surface area (Å²) in [6.07, 6.45) is 5.88. The number of fused-ring (bicyclic) bond motifs is 12. The third kappa shape index (κ3) is 21.9. The zero-order chi connectivity index (χ0) is 107. The average molecular weight is 2500 g/mol. The molecule has 0 atom stereocenters. The fourth-order valence-electron chi connectivity index (χ4n) is 19.3. The van der Waals surface area contributed by atoms with Gasteiger partial charge in [0.2, 0.25) is 0 Å². The molecule has 3 radical (unpaired) electrons. The van der Waals surface area contributed by atoms with Crippen molar-refractivity contribution in [3.63, 3.8) is 0 Å². The standard InChI is InChI=1S/C28H21N2O.C27H19N2O.C25H15N2O.3C16H20NSi.3Ir/c1-17-15-18(2)26(19(3)16-17)30-24-13-6-5-12-23(24)29-28(30)22-11-8-10-21-20-9-4-7-14-25(20)31-27(21)22;1-17-9-7-10-18(2)25(17)29-23-15-5-4-14-22(23)28-27(29)21-13-8-12-20-19-11-3-6-16-24(19)30-26(20)21;1-2-9-17(10-3-1)27-22-15-6-5-14-21(22)26-25(27)20-13-8-12-19-18-11-4-7-16-23(18)28-24(19)20;3*1-12-6-8-14(9-7-12)15-10-13(2)16(11-17-15)18(3,4)5;;;/h4-10,12-16H,1-3H3;3-12,14-16H,1-2H3;1-12,14-16H;3*6-8,10-11H,1-5H3;;;/q6*-1;;;/i;;;3*1D3;;;. The van der Waals surface area contributed by atoms with Gasteiger partial charge in [0.25, 0.3) is 0 Å². The van der Waals surface area contributed by atoms with Crippen molar-refractivity contribution in [1.82, 2.24) is 43.6 Å². The van der Waals surface area contributed by atoms with Crippen LogP contribution in [0.4, 0.5) is 0 Å². The topological polar surface area (TPSA) is 132 Å². The largest absolute Gasteiger partial charge is 0.501 e. The molecular weight excluding hydrogens is 2370 g/mol. The van der Waals surface area contributed by atoms with E-state index in [1.54, 1.807) is 36.4 Å². The number of furan rings is 3. The van der Waals surface area contributed by atoms with Crippen LogP contribution in [0.15, 0.2) is 347 Å². The van der Waals surface area contributed by atoms with Crippen LogP contribution < -0.4 is 15.6 Å². The molecule has 0 saturated carbocycles. The monoisotopic (exact) mass is 2500 g/mol. The SMILES string of the molecule is Cc1cc(C)c(-n2c(-c3[c-]ccc4c3oc3ccccc34)nc3ccccc32)c(C)c1.Cc1cccc(C)c1-n1c(-c2[c-]ccc3c2oc2ccccc23)nc2ccccc21.[2H]C([2H])([2H])c1c[c-]c(-c2cc(C)c([Si](C)(C)C)cn2)cc1.[2H]C([2H])([2H])c1c[c-]c(-c2cc(C)c([Si](C)(C)C)cn2)cc1.[2H]C([2H])([2H])c1c[c-]c(-c2cc(C)c([Si](C)(C)C)cn2)cc1.[Ir].[Ir].[Ir].[c-]1ccc2c(oc3ccccc32)c1-c1nc2ccccc2n1-c1ccccc1. The zero-order valence-electron chi connectivity index (χ0n) is 93.5. The summed E-state index contributed by atoms with van der Waals surface area (Å²) in [5, 5.41) is 10.6. The summed E-state index contributed by atoms with van der Waals surface area (Å²) in [6, 6.07) is 123. The Morgan fingerprint density at radius 2 is 0.575 bits per heavy atom. The van der Waals surface area contributed by atoms with Crippen molar-refractivity contribution in [1.29, 1.82) is 0 Å². The molecule has 0 aliphatic rings. The second-order valence-corrected chi connectivity index (χ2v) is 54.7. The first-order valence-electron chi connectivity index (χ1n) is 52.6. The van der Waals surface area contributed by atoms with Crippen molar-refractivity contribution in [2.24, 2.45) is 0 Å². The summed E-state index contributed by atoms with van der Waals surface area (Å²) < 4.78 is 92.0. The van der Waals surface area contributed by atoms with Crippen LogP contribution in [-0.4, -0.2) is 67.8 Å². The third-order valence-electron chi connectivity index (χ3n) is 25.9. The number of imidazole rings is 3. The van der Waals surface area contributed by atoms with E-state index >= 15 is 0 Å². The van der Waals surface area contributed by atoms with E-state index in [0.717, 1.165) is 184 Å². The quantitative estimate of drug-likeness (QED) is 0.0866. The van der Waals surface area contributed by atoms with Gasteiger partial charge < -0.3 is 41.9 Å². The number of para-hydroxylation sites is 11. The van der Waals surface area contributed by atoms with E-state index in [2.05, 4.69) is 319 Å². The van der Waals surface area contributed by atoms with Crippen LogP contribution in [0.5, 0.6) is 0 Å². The maximum atomic E-state index is 7.38. The van der Waals surface area contributed by atoms with Crippen molar-refractivity contribution < 1.29 is 85.9 Å². The Hall–Kier alpha value is -13.8. The predicted molar refractivity (Wildman–Crippen MR) is 604 cm³/mol. The van der Waals surface area contributed by atoms with Crippen LogP contribution in [0.25, 0.3) is 184 Å². The third-order valence-corrected chi connectivity index (χ3v) is 32.3. The van der Waals surface area contributed by atoms with Crippen LogP contribution in [-0.2, 0) is 60.3 Å². The first kappa shape index (κ1) is 93.2. The minimum Gasteiger partial charge on any atom is -0.501 e. The number of nitrogens with zero attached hydrogens (tertiary/aromatic N) is 9. The van der Waals surface area contributed by atoms with Gasteiger partial charge >= 0.3 is 0 Å². The summed E-state index contributed by atoms with van der Waals surface area (Å²) in [5.41, 5.74) is 32.9. The van der Waals surface area contributed by atoms with E-state index in [1.807, 2.05) is 140 Å². The molecule has 0 aliphatic heterocycles. The molecular formula is C128H115Ir3N9O3Si3-6. The van der Waals surface area contributed by atoms with E-state index in [0.29, 0.717) is 16.7 Å². The van der Waals surface area contributed by atoms with Crippen LogP contribution in [0.1, 0.15) is 73.5 Å². The molecule has 735 valence electrons. The molecule has 24 aromatic rings. The number of hydrogen-bond acceptors (Lipinski definition) is 9. The molecule has 146 heavy (non-hydrogen) atoms. The Morgan fingerprint density at radius 3 is 0.890 bits per heavy atom. The Morgan fingerprint density at radius 1 is 0.274 bits per heavy atom. The van der Waals surface area contributed by atoms with Crippen molar-refractivity contribution in [3.8, 4) is 85.0 Å². The molecule has 9 aromatic heterocycles. The summed E-state index contributed by atoms with van der Waals surface area (Å²) in [6.45, 7) is 31.5. The van der Waals surface area contributed by atoms with Gasteiger partial charge in [0.15, 0.2) is 0 Å². The Labute approximate surface area is 912 Å². The van der Waals surface area contributed by atoms with Gasteiger partial charge in [0.1, 0.15) is 16.7 Å². The summed E-state index contributed by atoms with van der Waals surface area (Å²) in [5.74, 6) is 2.52. The van der Waals surface area contributed by atoms with Crippen LogP contribution in [0.3, 0.4) is 0 Å². The van der Waals surface area contributed by atoms with E-state index in [-0.39, 0.29) is 60.3 Å². The molecule has 0 amide bonds. The molecule has 0 aliphatic carbocycles. The van der Waals surface area contributed by atoms with Gasteiger partial charge in [-0.2, -0.15) is 0 Å². The summed E-state index contributed by atoms with van der Waals surface area (Å²) in [4.78, 5) is 28.6. The number of benzene rings is 15. The van der Waals surface area contributed by atoms with Crippen LogP contribution in [0, 0.1) is 112 Å². The Kier molecular flexibility index (Phi) is 28.2. The van der Waals surface area contributed by atoms with Crippen molar-refractivity contribution in [2.75, 3.05) is 0 Å². The fourth-order valence-corrected chi connectivity index (χ4v) is 24.5. The maximum absolute atomic E-state index is 7.38. The molecule has 0 unspecified atom stereocenters. The fraction of sp³-hybridized carbons (Fsp3) is 0.156. The van der Waals surface area contributed by atoms with Gasteiger partial charge in [-0.05, 0) is 177 Å². The van der Waals surface area contributed by atoms with Gasteiger partial charge in [-0.3, -0.25) is 15.0 Å². The number of pyridine rings is 3. The summed E-state index contributed by atoms with van der Waals surface area (Å²) >= 11 is 0. The van der Waals surface area contributed by atoms with Crippen LogP contribution >= 0.6 is 0 Å². The smallest absolute Gasteiger partial charge is 0.120 e. The first-order chi connectivity index (χ1) is 72.5. The minimum absolute atomic E-state index is 0. The molecule has 0 N–H and O–H groups in total.